The van der Waals surface area contributed by atoms with Gasteiger partial charge in [-0.05, 0) is 205 Å². The van der Waals surface area contributed by atoms with Crippen molar-refractivity contribution in [1.29, 1.82) is 21.0 Å². The summed E-state index contributed by atoms with van der Waals surface area (Å²) >= 11 is 0. The second-order valence-electron chi connectivity index (χ2n) is 21.3. The first-order chi connectivity index (χ1) is 30.8. The fourth-order valence-electron chi connectivity index (χ4n) is 14.7. The average Bonchev–Trinajstić information content (AvgIpc) is 3.39. The maximum absolute atomic E-state index is 6.25. The molecule has 0 radical (unpaired) electrons. The Balaban J connectivity index is 0.000000540. The molecule has 10 heteroatoms. The first-order valence-electron chi connectivity index (χ1n) is 27.2. The summed E-state index contributed by atoms with van der Waals surface area (Å²) in [6, 6.07) is 0. The van der Waals surface area contributed by atoms with E-state index in [4.69, 9.17) is 47.3 Å². The predicted molar refractivity (Wildman–Crippen MR) is 278 cm³/mol. The molecule has 0 spiro atoms. The van der Waals surface area contributed by atoms with Gasteiger partial charge in [0.25, 0.3) is 0 Å². The van der Waals surface area contributed by atoms with Crippen molar-refractivity contribution in [2.75, 3.05) is 11.8 Å². The molecular formula is C54H96N4P4Pt2. The van der Waals surface area contributed by atoms with Gasteiger partial charge in [-0.25, -0.2) is 0 Å². The average molecular weight is 1320 g/mol. The van der Waals surface area contributed by atoms with Gasteiger partial charge in [0.05, 0.1) is 45.3 Å². The number of hydrogen-bond acceptors (Lipinski definition) is 4. The maximum atomic E-state index is 6.25. The van der Waals surface area contributed by atoms with E-state index in [-0.39, 0.29) is 73.8 Å². The van der Waals surface area contributed by atoms with Crippen LogP contribution in [0.3, 0.4) is 0 Å². The Morgan fingerprint density at radius 1 is 0.203 bits per heavy atom. The topological polar surface area (TPSA) is 95.2 Å². The van der Waals surface area contributed by atoms with Crippen molar-refractivity contribution in [2.45, 2.75) is 302 Å². The van der Waals surface area contributed by atoms with Gasteiger partial charge in [-0.1, -0.05) is 51.4 Å². The fraction of sp³-hybridized carbons (Fsp3) is 0.926. The summed E-state index contributed by atoms with van der Waals surface area (Å²) in [5.74, 6) is 3.72. The van der Waals surface area contributed by atoms with E-state index in [1.165, 1.54) is 45.3 Å². The molecule has 8 rings (SSSR count). The number of rotatable bonds is 12. The third-order valence-corrected chi connectivity index (χ3v) is 37.4. The van der Waals surface area contributed by atoms with Crippen LogP contribution in [0, 0.1) is 47.3 Å². The summed E-state index contributed by atoms with van der Waals surface area (Å²) in [4.78, 5) is 0. The van der Waals surface area contributed by atoms with Crippen LogP contribution in [0.25, 0.3) is 0 Å². The second kappa shape index (κ2) is 40.8. The van der Waals surface area contributed by atoms with Gasteiger partial charge in [-0.3, -0.25) is 0 Å². The van der Waals surface area contributed by atoms with Crippen molar-refractivity contribution in [1.82, 2.24) is 0 Å². The monoisotopic (exact) mass is 1310 g/mol. The molecule has 64 heavy (non-hydrogen) atoms. The summed E-state index contributed by atoms with van der Waals surface area (Å²) in [7, 11) is -0.384. The molecule has 0 aromatic rings. The molecule has 8 aliphatic carbocycles. The van der Waals surface area contributed by atoms with Gasteiger partial charge in [-0.2, -0.15) is 0 Å². The minimum atomic E-state index is -0.0959. The number of hydrogen-bond donors (Lipinski definition) is 0. The number of nitrogens with zero attached hydrogens (tertiary/aromatic N) is 4. The normalized spacial score (nSPS) is 23.9. The van der Waals surface area contributed by atoms with Crippen LogP contribution in [-0.2, 0) is 42.1 Å². The largest absolute Gasteiger partial charge is 0.512 e. The van der Waals surface area contributed by atoms with Crippen LogP contribution in [0.4, 0.5) is 0 Å². The van der Waals surface area contributed by atoms with Crippen molar-refractivity contribution in [3.8, 4) is 0 Å². The molecular weight excluding hydrogens is 1220 g/mol. The molecule has 0 aromatic carbocycles. The van der Waals surface area contributed by atoms with E-state index in [0.717, 1.165) is 0 Å². The maximum Gasteiger partial charge on any atom is 0.156 e. The van der Waals surface area contributed by atoms with E-state index >= 15 is 0 Å². The standard InChI is InChI=1S/2C25H46P2.4CN.2Pt/c2*1-5-13-22(14-6-1)26(23-15-7-2-8-16-23)21-27(24-17-9-3-10-18-24)25-19-11-4-12-20-25;4*1-2;;/h2*22-25H,1-21H2;;;;;;/q;;4*-1;;/p+4. The van der Waals surface area contributed by atoms with Crippen molar-refractivity contribution in [3.63, 3.8) is 0 Å². The zero-order valence-electron chi connectivity index (χ0n) is 40.7. The summed E-state index contributed by atoms with van der Waals surface area (Å²) in [5.41, 5.74) is 9.88. The van der Waals surface area contributed by atoms with Crippen molar-refractivity contribution >= 4 is 31.7 Å². The predicted octanol–water partition coefficient (Wildman–Crippen LogP) is 17.8. The van der Waals surface area contributed by atoms with Gasteiger partial charge in [0.15, 0.2) is 11.8 Å². The Kier molecular flexibility index (Phi) is 40.2. The van der Waals surface area contributed by atoms with E-state index in [2.05, 4.69) is 0 Å². The van der Waals surface area contributed by atoms with Crippen LogP contribution in [0.2, 0.25) is 0 Å². The van der Waals surface area contributed by atoms with Gasteiger partial charge >= 0.3 is 0 Å². The molecule has 0 N–H and O–H groups in total. The van der Waals surface area contributed by atoms with Crippen molar-refractivity contribution in [3.05, 3.63) is 26.3 Å². The Labute approximate surface area is 431 Å². The van der Waals surface area contributed by atoms with E-state index in [0.29, 0.717) is 0 Å². The minimum absolute atomic E-state index is 0. The van der Waals surface area contributed by atoms with Gasteiger partial charge < -0.3 is 47.3 Å². The van der Waals surface area contributed by atoms with E-state index < -0.39 is 0 Å². The summed E-state index contributed by atoms with van der Waals surface area (Å²) in [6.45, 7) is 19.0. The minimum Gasteiger partial charge on any atom is -0.512 e. The van der Waals surface area contributed by atoms with Crippen LogP contribution >= 0.6 is 31.7 Å². The smallest absolute Gasteiger partial charge is 0.156 e. The first kappa shape index (κ1) is 63.1. The quantitative estimate of drug-likeness (QED) is 0.144. The third-order valence-electron chi connectivity index (χ3n) is 17.9. The summed E-state index contributed by atoms with van der Waals surface area (Å²) in [5, 5.41) is 25.0. The third kappa shape index (κ3) is 22.0. The van der Waals surface area contributed by atoms with E-state index in [9.17, 15) is 0 Å². The molecule has 372 valence electrons. The summed E-state index contributed by atoms with van der Waals surface area (Å²) in [6.07, 6.45) is 64.1. The molecule has 0 saturated heterocycles. The van der Waals surface area contributed by atoms with Crippen LogP contribution < -0.4 is 0 Å². The summed E-state index contributed by atoms with van der Waals surface area (Å²) < 4.78 is 0. The molecule has 0 aliphatic heterocycles. The van der Waals surface area contributed by atoms with Crippen LogP contribution in [0.1, 0.15) is 257 Å². The van der Waals surface area contributed by atoms with Crippen LogP contribution in [0.5, 0.6) is 0 Å². The van der Waals surface area contributed by atoms with Crippen LogP contribution in [-0.4, -0.2) is 57.1 Å². The van der Waals surface area contributed by atoms with Gasteiger partial charge in [-0.15, -0.1) is 0 Å². The van der Waals surface area contributed by atoms with E-state index in [1.54, 1.807) is 257 Å². The molecule has 0 amide bonds. The first-order valence-corrected chi connectivity index (χ1v) is 34.6. The van der Waals surface area contributed by atoms with Crippen LogP contribution in [0.15, 0.2) is 0 Å². The molecule has 4 nitrogen and oxygen atoms in total. The van der Waals surface area contributed by atoms with Gasteiger partial charge in [0.1, 0.15) is 0 Å². The Hall–Kier alpha value is 1.06. The Morgan fingerprint density at radius 2 is 0.297 bits per heavy atom. The second-order valence-corrected chi connectivity index (χ2v) is 35.3. The molecule has 8 fully saturated rings. The molecule has 0 unspecified atom stereocenters. The molecule has 8 aliphatic rings. The van der Waals surface area contributed by atoms with E-state index in [1.807, 2.05) is 11.8 Å². The fourth-order valence-corrected chi connectivity index (χ4v) is 39.6. The molecule has 8 saturated carbocycles. The molecule has 0 heterocycles. The molecule has 0 atom stereocenters. The van der Waals surface area contributed by atoms with Crippen molar-refractivity contribution in [2.24, 2.45) is 0 Å². The molecule has 0 bridgehead atoms. The molecule has 0 aromatic heterocycles. The SMILES string of the molecule is C1CCC([PH+](C[PH+](C2CCCCC2)C2CCCCC2)C2CCCCC2)CC1.C1CCC([PH+](C[PH+](C2CCCCC2)C2CCCCC2)C2CCCCC2)CC1.[C-]#N.[C-]#N.[C-]#N.[C-]#N.[Pt].[Pt]. The van der Waals surface area contributed by atoms with Gasteiger partial charge in [0.2, 0.25) is 0 Å². The van der Waals surface area contributed by atoms with Gasteiger partial charge in [0, 0.05) is 73.8 Å². The Morgan fingerprint density at radius 3 is 0.391 bits per heavy atom. The zero-order valence-corrected chi connectivity index (χ0v) is 49.3. The van der Waals surface area contributed by atoms with Crippen molar-refractivity contribution < 1.29 is 42.1 Å². The Bertz CT molecular complexity index is 907. The zero-order chi connectivity index (χ0) is 44.6.